The van der Waals surface area contributed by atoms with Crippen LogP contribution in [0.2, 0.25) is 0 Å². The normalized spacial score (nSPS) is 11.9. The number of aliphatic hydroxyl groups excluding tert-OH is 2. The highest BCUT2D eigenvalue weighted by atomic mass is 35.5. The van der Waals surface area contributed by atoms with Crippen LogP contribution in [0.15, 0.2) is 0 Å². The second kappa shape index (κ2) is 9.52. The number of nitrogens with zero attached hydrogens (tertiary/aromatic N) is 2. The average Bonchev–Trinajstić information content (AvgIpc) is 2.25. The molecule has 0 saturated heterocycles. The molecule has 0 aliphatic heterocycles. The number of carbonyl (C=O) groups excluding carboxylic acids is 1. The van der Waals surface area contributed by atoms with E-state index in [0.717, 1.165) is 0 Å². The highest BCUT2D eigenvalue weighted by Crippen LogP contribution is 2.01. The van der Waals surface area contributed by atoms with Gasteiger partial charge in [0.25, 0.3) is 0 Å². The molecular weight excluding hydrogens is 260 g/mol. The van der Waals surface area contributed by atoms with Crippen molar-refractivity contribution in [2.24, 2.45) is 0 Å². The summed E-state index contributed by atoms with van der Waals surface area (Å²) in [5.41, 5.74) is 0. The fourth-order valence-electron chi connectivity index (χ4n) is 1.32. The van der Waals surface area contributed by atoms with Crippen LogP contribution in [0.4, 0.5) is 0 Å². The van der Waals surface area contributed by atoms with E-state index in [1.54, 1.807) is 14.1 Å². The molecule has 108 valence electrons. The smallest absolute Gasteiger partial charge is 0.307 e. The molecule has 0 aromatic rings. The van der Waals surface area contributed by atoms with Gasteiger partial charge in [0.05, 0.1) is 33.7 Å². The summed E-state index contributed by atoms with van der Waals surface area (Å²) in [4.78, 5) is 13.2. The van der Waals surface area contributed by atoms with Gasteiger partial charge in [-0.2, -0.15) is 0 Å². The van der Waals surface area contributed by atoms with Crippen LogP contribution in [-0.4, -0.2) is 85.2 Å². The summed E-state index contributed by atoms with van der Waals surface area (Å²) in [7, 11) is 3.61. The van der Waals surface area contributed by atoms with E-state index in [0.29, 0.717) is 26.2 Å². The Morgan fingerprint density at radius 2 is 1.78 bits per heavy atom. The van der Waals surface area contributed by atoms with Gasteiger partial charge in [0.1, 0.15) is 13.2 Å². The van der Waals surface area contributed by atoms with Crippen LogP contribution >= 0.6 is 11.8 Å². The number of carbonyl (C=O) groups is 1. The monoisotopic (exact) mass is 283 g/mol. The van der Waals surface area contributed by atoms with Crippen LogP contribution in [0, 0.1) is 0 Å². The Balaban J connectivity index is 3.73. The SMILES string of the molecule is C[N+](C)(Cl)CCOC(=O)CCN(CCO)CCO. The lowest BCUT2D eigenvalue weighted by Crippen LogP contribution is -2.34. The molecule has 0 bridgehead atoms. The number of halogens is 1. The predicted octanol–water partition coefficient (Wildman–Crippen LogP) is -0.563. The van der Waals surface area contributed by atoms with Crippen LogP contribution in [0.5, 0.6) is 0 Å². The van der Waals surface area contributed by atoms with E-state index in [9.17, 15) is 4.79 Å². The topological polar surface area (TPSA) is 70.0 Å². The maximum absolute atomic E-state index is 11.4. The number of likely N-dealkylation sites (N-methyl/N-ethyl adjacent to an activating group) is 1. The highest BCUT2D eigenvalue weighted by molar-refractivity contribution is 6.06. The predicted molar refractivity (Wildman–Crippen MR) is 69.0 cm³/mol. The first-order chi connectivity index (χ1) is 8.39. The molecular formula is C11H24ClN2O4+. The van der Waals surface area contributed by atoms with Crippen molar-refractivity contribution in [3.8, 4) is 0 Å². The van der Waals surface area contributed by atoms with Gasteiger partial charge in [-0.15, -0.1) is 0 Å². The highest BCUT2D eigenvalue weighted by Gasteiger charge is 2.13. The van der Waals surface area contributed by atoms with E-state index in [4.69, 9.17) is 26.7 Å². The molecule has 0 radical (unpaired) electrons. The Morgan fingerprint density at radius 1 is 1.22 bits per heavy atom. The van der Waals surface area contributed by atoms with Crippen molar-refractivity contribution in [2.45, 2.75) is 6.42 Å². The number of hydrogen-bond acceptors (Lipinski definition) is 5. The molecule has 0 fully saturated rings. The maximum Gasteiger partial charge on any atom is 0.307 e. The number of esters is 1. The summed E-state index contributed by atoms with van der Waals surface area (Å²) in [6, 6.07) is 0. The quantitative estimate of drug-likeness (QED) is 0.415. The van der Waals surface area contributed by atoms with Gasteiger partial charge in [0.15, 0.2) is 11.8 Å². The van der Waals surface area contributed by atoms with Gasteiger partial charge in [-0.25, -0.2) is 4.00 Å². The third-order valence-electron chi connectivity index (χ3n) is 2.35. The molecule has 0 unspecified atom stereocenters. The Labute approximate surface area is 113 Å². The minimum Gasteiger partial charge on any atom is -0.460 e. The lowest BCUT2D eigenvalue weighted by molar-refractivity contribution is -0.771. The van der Waals surface area contributed by atoms with E-state index in [1.165, 1.54) is 0 Å². The Bertz CT molecular complexity index is 228. The van der Waals surface area contributed by atoms with Gasteiger partial charge in [-0.1, -0.05) is 0 Å². The van der Waals surface area contributed by atoms with Crippen LogP contribution in [-0.2, 0) is 9.53 Å². The molecule has 0 spiro atoms. The molecule has 6 nitrogen and oxygen atoms in total. The van der Waals surface area contributed by atoms with Gasteiger partial charge >= 0.3 is 5.97 Å². The molecule has 0 saturated carbocycles. The van der Waals surface area contributed by atoms with Crippen LogP contribution in [0.25, 0.3) is 0 Å². The second-order valence-corrected chi connectivity index (χ2v) is 5.44. The van der Waals surface area contributed by atoms with E-state index in [-0.39, 0.29) is 36.2 Å². The van der Waals surface area contributed by atoms with E-state index >= 15 is 0 Å². The lowest BCUT2D eigenvalue weighted by atomic mass is 10.3. The van der Waals surface area contributed by atoms with Gasteiger partial charge in [-0.3, -0.25) is 9.69 Å². The molecule has 0 heterocycles. The summed E-state index contributed by atoms with van der Waals surface area (Å²) >= 11 is 5.91. The van der Waals surface area contributed by atoms with Crippen LogP contribution in [0.3, 0.4) is 0 Å². The lowest BCUT2D eigenvalue weighted by Gasteiger charge is -2.20. The van der Waals surface area contributed by atoms with Gasteiger partial charge in [0, 0.05) is 19.6 Å². The fourth-order valence-corrected chi connectivity index (χ4v) is 1.39. The first-order valence-corrected chi connectivity index (χ1v) is 6.35. The Kier molecular flexibility index (Phi) is 9.31. The van der Waals surface area contributed by atoms with Gasteiger partial charge in [-0.05, 0) is 0 Å². The summed E-state index contributed by atoms with van der Waals surface area (Å²) in [5.74, 6) is -0.291. The van der Waals surface area contributed by atoms with Crippen molar-refractivity contribution in [2.75, 3.05) is 60.1 Å². The van der Waals surface area contributed by atoms with E-state index in [2.05, 4.69) is 0 Å². The number of ether oxygens (including phenoxy) is 1. The molecule has 0 aromatic carbocycles. The summed E-state index contributed by atoms with van der Waals surface area (Å²) in [5, 5.41) is 17.6. The van der Waals surface area contributed by atoms with Crippen molar-refractivity contribution < 1.29 is 23.7 Å². The fraction of sp³-hybridized carbons (Fsp3) is 0.909. The Hall–Kier alpha value is -0.400. The van der Waals surface area contributed by atoms with Crippen molar-refractivity contribution in [3.05, 3.63) is 0 Å². The zero-order chi connectivity index (χ0) is 14.0. The first kappa shape index (κ1) is 17.6. The standard InChI is InChI=1S/C11H24ClN2O4/c1-14(2,12)7-10-18-11(17)3-4-13(5-8-15)6-9-16/h15-16H,3-10H2,1-2H3/q+1. The minimum atomic E-state index is -0.291. The number of hydrogen-bond donors (Lipinski definition) is 2. The average molecular weight is 284 g/mol. The van der Waals surface area contributed by atoms with Gasteiger partial charge in [0.2, 0.25) is 0 Å². The zero-order valence-corrected chi connectivity index (χ0v) is 11.9. The molecule has 2 N–H and O–H groups in total. The molecule has 0 rings (SSSR count). The van der Waals surface area contributed by atoms with Crippen molar-refractivity contribution in [1.29, 1.82) is 0 Å². The molecule has 0 atom stereocenters. The van der Waals surface area contributed by atoms with Crippen LogP contribution in [0.1, 0.15) is 6.42 Å². The van der Waals surface area contributed by atoms with Crippen molar-refractivity contribution in [1.82, 2.24) is 4.90 Å². The van der Waals surface area contributed by atoms with Gasteiger partial charge < -0.3 is 14.9 Å². The molecule has 0 aliphatic carbocycles. The summed E-state index contributed by atoms with van der Waals surface area (Å²) in [6.45, 7) is 2.21. The van der Waals surface area contributed by atoms with E-state index in [1.807, 2.05) is 4.90 Å². The number of rotatable bonds is 10. The van der Waals surface area contributed by atoms with Crippen molar-refractivity contribution in [3.63, 3.8) is 0 Å². The maximum atomic E-state index is 11.4. The largest absolute Gasteiger partial charge is 0.460 e. The third-order valence-corrected chi connectivity index (χ3v) is 2.52. The number of quaternary nitrogens is 1. The second-order valence-electron chi connectivity index (χ2n) is 4.52. The zero-order valence-electron chi connectivity index (χ0n) is 11.1. The molecule has 18 heavy (non-hydrogen) atoms. The molecule has 0 aromatic heterocycles. The molecule has 0 amide bonds. The summed E-state index contributed by atoms with van der Waals surface area (Å²) < 4.78 is 5.26. The van der Waals surface area contributed by atoms with Crippen LogP contribution < -0.4 is 0 Å². The minimum absolute atomic E-state index is 0.00691. The Morgan fingerprint density at radius 3 is 2.22 bits per heavy atom. The van der Waals surface area contributed by atoms with E-state index < -0.39 is 0 Å². The summed E-state index contributed by atoms with van der Waals surface area (Å²) in [6.07, 6.45) is 0.246. The third kappa shape index (κ3) is 10.7. The number of aliphatic hydroxyl groups is 2. The molecule has 7 heteroatoms. The van der Waals surface area contributed by atoms with Crippen molar-refractivity contribution >= 4 is 17.7 Å². The molecule has 0 aliphatic rings. The first-order valence-electron chi connectivity index (χ1n) is 6.01.